The zero-order chi connectivity index (χ0) is 8.72. The van der Waals surface area contributed by atoms with Crippen LogP contribution in [0.5, 0.6) is 5.75 Å². The Kier molecular flexibility index (Phi) is 1.61. The number of H-pyrrole nitrogens is 1. The van der Waals surface area contributed by atoms with E-state index in [1.807, 2.05) is 19.1 Å². The first-order valence-electron chi connectivity index (χ1n) is 3.66. The third-order valence-corrected chi connectivity index (χ3v) is 2.80. The van der Waals surface area contributed by atoms with Crippen molar-refractivity contribution in [1.29, 1.82) is 0 Å². The van der Waals surface area contributed by atoms with Gasteiger partial charge in [0.2, 0.25) is 0 Å². The molecule has 62 valence electrons. The summed E-state index contributed by atoms with van der Waals surface area (Å²) in [4.78, 5) is 3.06. The lowest BCUT2D eigenvalue weighted by molar-refractivity contribution is 0.480. The van der Waals surface area contributed by atoms with Crippen molar-refractivity contribution in [3.63, 3.8) is 0 Å². The average Bonchev–Trinajstić information content (AvgIpc) is 2.32. The summed E-state index contributed by atoms with van der Waals surface area (Å²) in [6.07, 6.45) is 0. The van der Waals surface area contributed by atoms with Crippen LogP contribution in [0.4, 0.5) is 0 Å². The lowest BCUT2D eigenvalue weighted by Crippen LogP contribution is -1.69. The molecule has 1 aromatic heterocycles. The summed E-state index contributed by atoms with van der Waals surface area (Å²) >= 11 is 3.38. The van der Waals surface area contributed by atoms with Crippen LogP contribution in [0, 0.1) is 6.92 Å². The van der Waals surface area contributed by atoms with E-state index in [0.717, 1.165) is 21.1 Å². The number of aryl methyl sites for hydroxylation is 1. The SMILES string of the molecule is Cc1c(Br)[nH]c2c(O)cccc12. The van der Waals surface area contributed by atoms with Gasteiger partial charge in [-0.2, -0.15) is 0 Å². The van der Waals surface area contributed by atoms with E-state index >= 15 is 0 Å². The number of aromatic amines is 1. The second-order valence-electron chi connectivity index (χ2n) is 2.76. The molecule has 1 aromatic carbocycles. The highest BCUT2D eigenvalue weighted by molar-refractivity contribution is 9.10. The maximum Gasteiger partial charge on any atom is 0.139 e. The number of halogens is 1. The van der Waals surface area contributed by atoms with E-state index in [4.69, 9.17) is 0 Å². The summed E-state index contributed by atoms with van der Waals surface area (Å²) in [5.74, 6) is 0.293. The van der Waals surface area contributed by atoms with E-state index in [0.29, 0.717) is 5.75 Å². The van der Waals surface area contributed by atoms with Crippen LogP contribution < -0.4 is 0 Å². The molecule has 2 aromatic rings. The number of fused-ring (bicyclic) bond motifs is 1. The number of rotatable bonds is 0. The van der Waals surface area contributed by atoms with Gasteiger partial charge in [-0.25, -0.2) is 0 Å². The zero-order valence-electron chi connectivity index (χ0n) is 6.56. The van der Waals surface area contributed by atoms with E-state index in [1.54, 1.807) is 6.07 Å². The molecule has 0 spiro atoms. The number of para-hydroxylation sites is 1. The van der Waals surface area contributed by atoms with Crippen LogP contribution in [0.3, 0.4) is 0 Å². The van der Waals surface area contributed by atoms with Crippen molar-refractivity contribution in [2.24, 2.45) is 0 Å². The molecule has 0 radical (unpaired) electrons. The first-order chi connectivity index (χ1) is 5.70. The van der Waals surface area contributed by atoms with E-state index in [1.165, 1.54) is 0 Å². The molecule has 0 aliphatic carbocycles. The van der Waals surface area contributed by atoms with Gasteiger partial charge in [0, 0.05) is 5.39 Å². The van der Waals surface area contributed by atoms with Crippen LogP contribution in [0.1, 0.15) is 5.56 Å². The number of hydrogen-bond donors (Lipinski definition) is 2. The first kappa shape index (κ1) is 7.68. The lowest BCUT2D eigenvalue weighted by Gasteiger charge is -1.92. The van der Waals surface area contributed by atoms with Gasteiger partial charge in [-0.1, -0.05) is 12.1 Å². The van der Waals surface area contributed by atoms with Crippen LogP contribution >= 0.6 is 15.9 Å². The summed E-state index contributed by atoms with van der Waals surface area (Å²) in [5, 5.41) is 10.5. The first-order valence-corrected chi connectivity index (χ1v) is 4.45. The minimum Gasteiger partial charge on any atom is -0.506 e. The Morgan fingerprint density at radius 2 is 2.17 bits per heavy atom. The second kappa shape index (κ2) is 2.52. The van der Waals surface area contributed by atoms with Crippen molar-refractivity contribution >= 4 is 26.8 Å². The maximum atomic E-state index is 9.46. The molecule has 2 nitrogen and oxygen atoms in total. The molecule has 3 heteroatoms. The van der Waals surface area contributed by atoms with Crippen molar-refractivity contribution in [1.82, 2.24) is 4.98 Å². The predicted octanol–water partition coefficient (Wildman–Crippen LogP) is 2.94. The number of phenols is 1. The molecule has 2 N–H and O–H groups in total. The number of aromatic hydroxyl groups is 1. The van der Waals surface area contributed by atoms with Crippen LogP contribution in [-0.2, 0) is 0 Å². The molecule has 0 saturated heterocycles. The Bertz CT molecular complexity index is 433. The van der Waals surface area contributed by atoms with Gasteiger partial charge in [-0.3, -0.25) is 0 Å². The molecule has 0 aliphatic rings. The fourth-order valence-corrected chi connectivity index (χ4v) is 1.72. The molecule has 0 saturated carbocycles. The Morgan fingerprint density at radius 1 is 1.42 bits per heavy atom. The van der Waals surface area contributed by atoms with Gasteiger partial charge in [0.25, 0.3) is 0 Å². The Balaban J connectivity index is 2.95. The van der Waals surface area contributed by atoms with Crippen molar-refractivity contribution in [2.45, 2.75) is 6.92 Å². The van der Waals surface area contributed by atoms with E-state index < -0.39 is 0 Å². The third-order valence-electron chi connectivity index (χ3n) is 2.01. The largest absolute Gasteiger partial charge is 0.506 e. The molecule has 1 heterocycles. The minimum atomic E-state index is 0.293. The van der Waals surface area contributed by atoms with Crippen LogP contribution in [0.2, 0.25) is 0 Å². The van der Waals surface area contributed by atoms with Gasteiger partial charge in [0.05, 0.1) is 10.1 Å². The lowest BCUT2D eigenvalue weighted by atomic mass is 10.2. The van der Waals surface area contributed by atoms with Crippen LogP contribution in [0.15, 0.2) is 22.8 Å². The number of benzene rings is 1. The molecule has 2 rings (SSSR count). The fraction of sp³-hybridized carbons (Fsp3) is 0.111. The summed E-state index contributed by atoms with van der Waals surface area (Å²) in [6.45, 7) is 2.00. The second-order valence-corrected chi connectivity index (χ2v) is 3.56. The van der Waals surface area contributed by atoms with E-state index in [2.05, 4.69) is 20.9 Å². The third kappa shape index (κ3) is 0.932. The highest BCUT2D eigenvalue weighted by Crippen LogP contribution is 2.30. The van der Waals surface area contributed by atoms with Gasteiger partial charge < -0.3 is 10.1 Å². The molecule has 12 heavy (non-hydrogen) atoms. The van der Waals surface area contributed by atoms with Crippen molar-refractivity contribution < 1.29 is 5.11 Å². The van der Waals surface area contributed by atoms with Crippen LogP contribution in [-0.4, -0.2) is 10.1 Å². The highest BCUT2D eigenvalue weighted by Gasteiger charge is 2.06. The summed E-state index contributed by atoms with van der Waals surface area (Å²) in [6, 6.07) is 5.49. The van der Waals surface area contributed by atoms with Crippen molar-refractivity contribution in [3.05, 3.63) is 28.4 Å². The monoisotopic (exact) mass is 225 g/mol. The molecule has 0 bridgehead atoms. The Morgan fingerprint density at radius 3 is 2.83 bits per heavy atom. The summed E-state index contributed by atoms with van der Waals surface area (Å²) in [7, 11) is 0. The molecular formula is C9H8BrNO. The molecule has 0 amide bonds. The minimum absolute atomic E-state index is 0.293. The number of aromatic nitrogens is 1. The average molecular weight is 226 g/mol. The summed E-state index contributed by atoms with van der Waals surface area (Å²) in [5.41, 5.74) is 1.92. The maximum absolute atomic E-state index is 9.46. The molecule has 0 unspecified atom stereocenters. The Labute approximate surface area is 78.3 Å². The predicted molar refractivity (Wildman–Crippen MR) is 52.4 cm³/mol. The number of hydrogen-bond acceptors (Lipinski definition) is 1. The molecule has 0 aliphatic heterocycles. The number of phenolic OH excluding ortho intramolecular Hbond substituents is 1. The quantitative estimate of drug-likeness (QED) is 0.711. The van der Waals surface area contributed by atoms with Gasteiger partial charge in [0.15, 0.2) is 0 Å². The van der Waals surface area contributed by atoms with Gasteiger partial charge in [-0.15, -0.1) is 0 Å². The molecule has 0 atom stereocenters. The van der Waals surface area contributed by atoms with Gasteiger partial charge in [0.1, 0.15) is 5.75 Å². The zero-order valence-corrected chi connectivity index (χ0v) is 8.14. The van der Waals surface area contributed by atoms with Gasteiger partial charge >= 0.3 is 0 Å². The van der Waals surface area contributed by atoms with Crippen molar-refractivity contribution in [3.8, 4) is 5.75 Å². The fourth-order valence-electron chi connectivity index (χ4n) is 1.31. The van der Waals surface area contributed by atoms with E-state index in [-0.39, 0.29) is 0 Å². The van der Waals surface area contributed by atoms with Crippen molar-refractivity contribution in [2.75, 3.05) is 0 Å². The standard InChI is InChI=1S/C9H8BrNO/c1-5-6-3-2-4-7(12)8(6)11-9(5)10/h2-4,11-12H,1H3. The molecule has 0 fully saturated rings. The van der Waals surface area contributed by atoms with Gasteiger partial charge in [-0.05, 0) is 34.5 Å². The number of nitrogens with one attached hydrogen (secondary N) is 1. The molecular weight excluding hydrogens is 218 g/mol. The highest BCUT2D eigenvalue weighted by atomic mass is 79.9. The topological polar surface area (TPSA) is 36.0 Å². The Hall–Kier alpha value is -0.960. The normalized spacial score (nSPS) is 10.8. The smallest absolute Gasteiger partial charge is 0.139 e. The van der Waals surface area contributed by atoms with E-state index in [9.17, 15) is 5.11 Å². The van der Waals surface area contributed by atoms with Crippen LogP contribution in [0.25, 0.3) is 10.9 Å². The summed E-state index contributed by atoms with van der Waals surface area (Å²) < 4.78 is 0.930.